The third-order valence-electron chi connectivity index (χ3n) is 9.74. The molecule has 3 aromatic heterocycles. The van der Waals surface area contributed by atoms with Gasteiger partial charge >= 0.3 is 0 Å². The standard InChI is InChI=1S/C37H45N9O4S/c1-9-28-22-45(51(48,49)31-12-11-17-38-34(31)50-28)21-26-18-25(14-13-23(26)3)32(29-15-16-30-33(24(29)4)42-43-46(30)10-2)37(5,6)35(47)41-27-19-39-36(40-20-27)44(7)8/h11-20,28,32H,9-10,21-22H2,1-8H3,(H,41,47)/t28-,32?/m1/s1. The minimum atomic E-state index is -3.93. The number of sulfonamides is 1. The summed E-state index contributed by atoms with van der Waals surface area (Å²) in [6, 6.07) is 13.2. The number of nitrogens with zero attached hydrogens (tertiary/aromatic N) is 8. The van der Waals surface area contributed by atoms with Crippen LogP contribution in [0.5, 0.6) is 5.88 Å². The highest BCUT2D eigenvalue weighted by molar-refractivity contribution is 7.89. The van der Waals surface area contributed by atoms with Crippen molar-refractivity contribution in [3.05, 3.63) is 88.9 Å². The van der Waals surface area contributed by atoms with E-state index >= 15 is 0 Å². The number of aryl methyl sites for hydroxylation is 3. The number of hydrogen-bond donors (Lipinski definition) is 1. The minimum absolute atomic E-state index is 0.0529. The number of anilines is 2. The van der Waals surface area contributed by atoms with Crippen LogP contribution in [0.4, 0.5) is 11.6 Å². The molecule has 14 heteroatoms. The summed E-state index contributed by atoms with van der Waals surface area (Å²) < 4.78 is 37.5. The first-order chi connectivity index (χ1) is 24.3. The topological polar surface area (TPSA) is 148 Å². The van der Waals surface area contributed by atoms with Crippen molar-refractivity contribution < 1.29 is 17.9 Å². The number of fused-ring (bicyclic) bond motifs is 2. The number of carbonyl (C=O) groups excluding carboxylic acids is 1. The van der Waals surface area contributed by atoms with E-state index in [1.807, 2.05) is 90.7 Å². The molecule has 0 fully saturated rings. The molecule has 5 aromatic rings. The van der Waals surface area contributed by atoms with Gasteiger partial charge in [-0.25, -0.2) is 28.1 Å². The lowest BCUT2D eigenvalue weighted by Crippen LogP contribution is -2.38. The van der Waals surface area contributed by atoms with Crippen LogP contribution in [-0.4, -0.2) is 75.3 Å². The second-order valence-corrected chi connectivity index (χ2v) is 15.7. The van der Waals surface area contributed by atoms with Gasteiger partial charge in [0.25, 0.3) is 0 Å². The summed E-state index contributed by atoms with van der Waals surface area (Å²) >= 11 is 0. The van der Waals surface area contributed by atoms with E-state index in [2.05, 4.69) is 30.6 Å². The number of aromatic nitrogens is 6. The first kappa shape index (κ1) is 35.9. The predicted octanol–water partition coefficient (Wildman–Crippen LogP) is 5.48. The highest BCUT2D eigenvalue weighted by Gasteiger charge is 2.41. The average molecular weight is 712 g/mol. The highest BCUT2D eigenvalue weighted by Crippen LogP contribution is 2.45. The first-order valence-corrected chi connectivity index (χ1v) is 18.5. The Kier molecular flexibility index (Phi) is 9.84. The summed E-state index contributed by atoms with van der Waals surface area (Å²) in [7, 11) is -0.228. The van der Waals surface area contributed by atoms with Gasteiger partial charge in [0.15, 0.2) is 0 Å². The average Bonchev–Trinajstić information content (AvgIpc) is 3.50. The summed E-state index contributed by atoms with van der Waals surface area (Å²) in [6.07, 6.45) is 4.98. The molecular weight excluding hydrogens is 667 g/mol. The summed E-state index contributed by atoms with van der Waals surface area (Å²) in [5.41, 5.74) is 5.58. The van der Waals surface area contributed by atoms with Crippen molar-refractivity contribution in [1.82, 2.24) is 34.3 Å². The van der Waals surface area contributed by atoms with Crippen LogP contribution in [0.15, 0.2) is 66.0 Å². The van der Waals surface area contributed by atoms with Gasteiger partial charge in [-0.2, -0.15) is 4.31 Å². The number of pyridine rings is 1. The van der Waals surface area contributed by atoms with Crippen molar-refractivity contribution in [2.45, 2.75) is 78.0 Å². The van der Waals surface area contributed by atoms with Crippen molar-refractivity contribution in [3.8, 4) is 5.88 Å². The Hall–Kier alpha value is -4.95. The summed E-state index contributed by atoms with van der Waals surface area (Å²) in [6.45, 7) is 12.8. The Morgan fingerprint density at radius 1 is 1.08 bits per heavy atom. The Balaban J connectivity index is 1.44. The minimum Gasteiger partial charge on any atom is -0.472 e. The van der Waals surface area contributed by atoms with Crippen LogP contribution >= 0.6 is 0 Å². The normalized spacial score (nSPS) is 16.6. The lowest BCUT2D eigenvalue weighted by atomic mass is 9.69. The molecular formula is C37H45N9O4S. The van der Waals surface area contributed by atoms with E-state index in [4.69, 9.17) is 4.74 Å². The maximum absolute atomic E-state index is 14.3. The van der Waals surface area contributed by atoms with Crippen LogP contribution in [0.3, 0.4) is 0 Å². The molecule has 0 bridgehead atoms. The monoisotopic (exact) mass is 711 g/mol. The third kappa shape index (κ3) is 6.77. The van der Waals surface area contributed by atoms with Crippen molar-refractivity contribution in [2.75, 3.05) is 30.9 Å². The van der Waals surface area contributed by atoms with Gasteiger partial charge in [0.2, 0.25) is 27.8 Å². The fraction of sp³-hybridized carbons (Fsp3) is 0.405. The second-order valence-electron chi connectivity index (χ2n) is 13.8. The molecule has 268 valence electrons. The van der Waals surface area contributed by atoms with Gasteiger partial charge < -0.3 is 15.0 Å². The van der Waals surface area contributed by atoms with E-state index in [0.29, 0.717) is 24.6 Å². The fourth-order valence-corrected chi connectivity index (χ4v) is 8.19. The molecule has 1 unspecified atom stereocenters. The van der Waals surface area contributed by atoms with E-state index in [1.165, 1.54) is 16.6 Å². The number of rotatable bonds is 10. The van der Waals surface area contributed by atoms with Gasteiger partial charge in [-0.3, -0.25) is 4.79 Å². The molecule has 0 radical (unpaired) electrons. The Morgan fingerprint density at radius 3 is 2.51 bits per heavy atom. The zero-order chi connectivity index (χ0) is 36.7. The number of ether oxygens (including phenoxy) is 1. The number of hydrogen-bond acceptors (Lipinski definition) is 10. The number of carbonyl (C=O) groups is 1. The third-order valence-corrected chi connectivity index (χ3v) is 11.6. The maximum Gasteiger partial charge on any atom is 0.248 e. The number of nitrogens with one attached hydrogen (secondary N) is 1. The van der Waals surface area contributed by atoms with Crippen LogP contribution in [0, 0.1) is 19.3 Å². The Morgan fingerprint density at radius 2 is 1.82 bits per heavy atom. The zero-order valence-corrected chi connectivity index (χ0v) is 31.2. The molecule has 0 aliphatic carbocycles. The van der Waals surface area contributed by atoms with E-state index in [1.54, 1.807) is 23.4 Å². The molecule has 1 aliphatic rings. The van der Waals surface area contributed by atoms with Crippen LogP contribution in [0.25, 0.3) is 11.0 Å². The second kappa shape index (κ2) is 14.0. The summed E-state index contributed by atoms with van der Waals surface area (Å²) in [5.74, 6) is -0.0378. The van der Waals surface area contributed by atoms with Crippen LogP contribution in [-0.2, 0) is 27.9 Å². The van der Waals surface area contributed by atoms with Gasteiger partial charge in [-0.05, 0) is 73.2 Å². The molecule has 0 saturated carbocycles. The Labute approximate surface area is 299 Å². The molecule has 1 amide bonds. The van der Waals surface area contributed by atoms with Crippen molar-refractivity contribution in [3.63, 3.8) is 0 Å². The van der Waals surface area contributed by atoms with Crippen LogP contribution < -0.4 is 15.0 Å². The van der Waals surface area contributed by atoms with E-state index in [-0.39, 0.29) is 35.9 Å². The van der Waals surface area contributed by atoms with Gasteiger partial charge in [0, 0.05) is 39.3 Å². The van der Waals surface area contributed by atoms with Crippen molar-refractivity contribution in [2.24, 2.45) is 5.41 Å². The van der Waals surface area contributed by atoms with Gasteiger partial charge in [0.05, 0.1) is 35.6 Å². The molecule has 51 heavy (non-hydrogen) atoms. The fourth-order valence-electron chi connectivity index (χ4n) is 6.67. The van der Waals surface area contributed by atoms with Gasteiger partial charge in [-0.15, -0.1) is 5.10 Å². The van der Waals surface area contributed by atoms with E-state index < -0.39 is 21.4 Å². The molecule has 13 nitrogen and oxygen atoms in total. The lowest BCUT2D eigenvalue weighted by Gasteiger charge is -2.35. The maximum atomic E-state index is 14.3. The SMILES string of the molecule is CC[C@@H]1CN(Cc2cc(C(c3ccc4c(nnn4CC)c3C)C(C)(C)C(=O)Nc3cnc(N(C)C)nc3)ccc2C)S(=O)(=O)c2cccnc2O1. The molecule has 0 spiro atoms. The largest absolute Gasteiger partial charge is 0.472 e. The predicted molar refractivity (Wildman–Crippen MR) is 196 cm³/mol. The molecule has 1 N–H and O–H groups in total. The summed E-state index contributed by atoms with van der Waals surface area (Å²) in [5, 5.41) is 11.9. The van der Waals surface area contributed by atoms with Crippen molar-refractivity contribution in [1.29, 1.82) is 0 Å². The molecule has 2 aromatic carbocycles. The molecule has 4 heterocycles. The van der Waals surface area contributed by atoms with E-state index in [0.717, 1.165) is 38.9 Å². The smallest absolute Gasteiger partial charge is 0.248 e. The number of amides is 1. The van der Waals surface area contributed by atoms with Crippen molar-refractivity contribution >= 4 is 38.6 Å². The van der Waals surface area contributed by atoms with Gasteiger partial charge in [-0.1, -0.05) is 50.3 Å². The van der Waals surface area contributed by atoms with Crippen LogP contribution in [0.1, 0.15) is 67.9 Å². The Bertz CT molecular complexity index is 2180. The quantitative estimate of drug-likeness (QED) is 0.198. The molecule has 2 atom stereocenters. The molecule has 6 rings (SSSR count). The number of benzene rings is 2. The van der Waals surface area contributed by atoms with Crippen LogP contribution in [0.2, 0.25) is 0 Å². The van der Waals surface area contributed by atoms with E-state index in [9.17, 15) is 13.2 Å². The zero-order valence-electron chi connectivity index (χ0n) is 30.4. The molecule has 0 saturated heterocycles. The highest BCUT2D eigenvalue weighted by atomic mass is 32.2. The molecule has 1 aliphatic heterocycles. The van der Waals surface area contributed by atoms with Gasteiger partial charge in [0.1, 0.15) is 16.5 Å². The summed E-state index contributed by atoms with van der Waals surface area (Å²) in [4.78, 5) is 29.1. The lowest BCUT2D eigenvalue weighted by molar-refractivity contribution is -0.124. The first-order valence-electron chi connectivity index (χ1n) is 17.1.